The van der Waals surface area contributed by atoms with E-state index in [1.54, 1.807) is 36.4 Å². The molecule has 0 aromatic heterocycles. The fraction of sp³-hybridized carbons (Fsp3) is 0.100. The number of fused-ring (bicyclic) bond motifs is 1. The number of hydroxylamine groups is 1. The maximum absolute atomic E-state index is 12.4. The van der Waals surface area contributed by atoms with E-state index < -0.39 is 11.9 Å². The molecular formula is C20H17NO4. The van der Waals surface area contributed by atoms with E-state index in [1.165, 1.54) is 7.11 Å². The van der Waals surface area contributed by atoms with Crippen molar-refractivity contribution in [1.29, 1.82) is 0 Å². The number of nitrogens with zero attached hydrogens (tertiary/aromatic N) is 1. The molecule has 3 aromatic carbocycles. The third kappa shape index (κ3) is 3.51. The van der Waals surface area contributed by atoms with Gasteiger partial charge in [0.15, 0.2) is 0 Å². The van der Waals surface area contributed by atoms with E-state index in [2.05, 4.69) is 0 Å². The summed E-state index contributed by atoms with van der Waals surface area (Å²) in [5.74, 6) is -1.05. The summed E-state index contributed by atoms with van der Waals surface area (Å²) in [7, 11) is 1.29. The molecule has 0 radical (unpaired) electrons. The molecule has 0 bridgehead atoms. The SMILES string of the molecule is COC(=O)c1ccccc1CC(=O)N(O)c1ccc2ccccc2c1. The first-order valence-electron chi connectivity index (χ1n) is 7.77. The van der Waals surface area contributed by atoms with Crippen LogP contribution in [0.15, 0.2) is 66.7 Å². The first kappa shape index (κ1) is 16.7. The molecule has 126 valence electrons. The Labute approximate surface area is 145 Å². The third-order valence-corrected chi connectivity index (χ3v) is 3.98. The summed E-state index contributed by atoms with van der Waals surface area (Å²) < 4.78 is 4.73. The second-order valence-electron chi connectivity index (χ2n) is 5.56. The van der Waals surface area contributed by atoms with Crippen molar-refractivity contribution in [3.8, 4) is 0 Å². The number of hydrogen-bond acceptors (Lipinski definition) is 4. The van der Waals surface area contributed by atoms with Gasteiger partial charge in [-0.3, -0.25) is 10.0 Å². The number of rotatable bonds is 4. The monoisotopic (exact) mass is 335 g/mol. The van der Waals surface area contributed by atoms with Crippen LogP contribution in [-0.4, -0.2) is 24.2 Å². The number of amides is 1. The van der Waals surface area contributed by atoms with E-state index in [0.717, 1.165) is 10.8 Å². The van der Waals surface area contributed by atoms with Crippen LogP contribution in [0.3, 0.4) is 0 Å². The van der Waals surface area contributed by atoms with E-state index in [0.29, 0.717) is 21.9 Å². The fourth-order valence-electron chi connectivity index (χ4n) is 2.67. The Morgan fingerprint density at radius 2 is 1.64 bits per heavy atom. The minimum Gasteiger partial charge on any atom is -0.465 e. The number of methoxy groups -OCH3 is 1. The Balaban J connectivity index is 1.84. The van der Waals surface area contributed by atoms with Crippen LogP contribution in [0.2, 0.25) is 0 Å². The summed E-state index contributed by atoms with van der Waals surface area (Å²) in [6, 6.07) is 19.6. The lowest BCUT2D eigenvalue weighted by molar-refractivity contribution is -0.122. The second kappa shape index (κ2) is 7.15. The first-order valence-corrected chi connectivity index (χ1v) is 7.77. The van der Waals surface area contributed by atoms with Gasteiger partial charge < -0.3 is 4.74 Å². The van der Waals surface area contributed by atoms with Crippen molar-refractivity contribution in [3.05, 3.63) is 77.9 Å². The van der Waals surface area contributed by atoms with Crippen molar-refractivity contribution in [2.75, 3.05) is 12.2 Å². The molecule has 5 heteroatoms. The summed E-state index contributed by atoms with van der Waals surface area (Å²) in [6.45, 7) is 0. The number of ether oxygens (including phenoxy) is 1. The number of hydrogen-bond donors (Lipinski definition) is 1. The van der Waals surface area contributed by atoms with Gasteiger partial charge in [0.1, 0.15) is 0 Å². The highest BCUT2D eigenvalue weighted by Crippen LogP contribution is 2.22. The lowest BCUT2D eigenvalue weighted by Gasteiger charge is -2.16. The molecule has 0 saturated carbocycles. The summed E-state index contributed by atoms with van der Waals surface area (Å²) in [6.07, 6.45) is -0.116. The Morgan fingerprint density at radius 1 is 0.960 bits per heavy atom. The normalized spacial score (nSPS) is 10.5. The lowest BCUT2D eigenvalue weighted by atomic mass is 10.0. The van der Waals surface area contributed by atoms with Gasteiger partial charge in [-0.2, -0.15) is 5.06 Å². The van der Waals surface area contributed by atoms with Crippen molar-refractivity contribution in [2.24, 2.45) is 0 Å². The van der Waals surface area contributed by atoms with Gasteiger partial charge in [-0.25, -0.2) is 4.79 Å². The predicted molar refractivity (Wildman–Crippen MR) is 94.7 cm³/mol. The second-order valence-corrected chi connectivity index (χ2v) is 5.56. The van der Waals surface area contributed by atoms with Crippen LogP contribution in [0, 0.1) is 0 Å². The molecule has 5 nitrogen and oxygen atoms in total. The van der Waals surface area contributed by atoms with Crippen LogP contribution >= 0.6 is 0 Å². The lowest BCUT2D eigenvalue weighted by Crippen LogP contribution is -2.29. The van der Waals surface area contributed by atoms with Crippen molar-refractivity contribution in [1.82, 2.24) is 0 Å². The van der Waals surface area contributed by atoms with Gasteiger partial charge in [-0.05, 0) is 34.5 Å². The van der Waals surface area contributed by atoms with E-state index in [4.69, 9.17) is 4.74 Å². The van der Waals surface area contributed by atoms with E-state index in [1.807, 2.05) is 30.3 Å². The highest BCUT2D eigenvalue weighted by molar-refractivity contribution is 5.98. The zero-order chi connectivity index (χ0) is 17.8. The average Bonchev–Trinajstić information content (AvgIpc) is 2.66. The topological polar surface area (TPSA) is 66.8 Å². The Morgan fingerprint density at radius 3 is 2.40 bits per heavy atom. The smallest absolute Gasteiger partial charge is 0.338 e. The summed E-state index contributed by atoms with van der Waals surface area (Å²) in [5.41, 5.74) is 1.18. The van der Waals surface area contributed by atoms with Crippen molar-refractivity contribution < 1.29 is 19.5 Å². The fourth-order valence-corrected chi connectivity index (χ4v) is 2.67. The van der Waals surface area contributed by atoms with Gasteiger partial charge in [0.25, 0.3) is 5.91 Å². The minimum absolute atomic E-state index is 0.116. The maximum atomic E-state index is 12.4. The molecule has 0 atom stereocenters. The molecule has 25 heavy (non-hydrogen) atoms. The predicted octanol–water partition coefficient (Wildman–Crippen LogP) is 3.59. The number of esters is 1. The maximum Gasteiger partial charge on any atom is 0.338 e. The van der Waals surface area contributed by atoms with Gasteiger partial charge in [0, 0.05) is 0 Å². The van der Waals surface area contributed by atoms with Crippen LogP contribution in [0.1, 0.15) is 15.9 Å². The van der Waals surface area contributed by atoms with Crippen molar-refractivity contribution in [2.45, 2.75) is 6.42 Å². The van der Waals surface area contributed by atoms with Crippen LogP contribution in [-0.2, 0) is 16.0 Å². The van der Waals surface area contributed by atoms with Gasteiger partial charge in [0.05, 0.1) is 24.8 Å². The minimum atomic E-state index is -0.536. The van der Waals surface area contributed by atoms with Crippen LogP contribution in [0.25, 0.3) is 10.8 Å². The largest absolute Gasteiger partial charge is 0.465 e. The quantitative estimate of drug-likeness (QED) is 0.449. The number of carbonyl (C=O) groups excluding carboxylic acids is 2. The molecule has 0 unspecified atom stereocenters. The van der Waals surface area contributed by atoms with Crippen molar-refractivity contribution >= 4 is 28.3 Å². The molecule has 0 aliphatic heterocycles. The van der Waals surface area contributed by atoms with E-state index in [9.17, 15) is 14.8 Å². The molecule has 0 saturated heterocycles. The van der Waals surface area contributed by atoms with E-state index >= 15 is 0 Å². The van der Waals surface area contributed by atoms with Gasteiger partial charge in [-0.1, -0.05) is 48.5 Å². The number of benzene rings is 3. The van der Waals surface area contributed by atoms with E-state index in [-0.39, 0.29) is 6.42 Å². The summed E-state index contributed by atoms with van der Waals surface area (Å²) >= 11 is 0. The Hall–Kier alpha value is -3.18. The molecule has 3 rings (SSSR count). The average molecular weight is 335 g/mol. The van der Waals surface area contributed by atoms with Crippen LogP contribution in [0.4, 0.5) is 5.69 Å². The van der Waals surface area contributed by atoms with Gasteiger partial charge in [-0.15, -0.1) is 0 Å². The third-order valence-electron chi connectivity index (χ3n) is 3.98. The molecule has 0 fully saturated rings. The van der Waals surface area contributed by atoms with Gasteiger partial charge >= 0.3 is 5.97 Å². The molecule has 0 heterocycles. The molecular weight excluding hydrogens is 318 g/mol. The zero-order valence-electron chi connectivity index (χ0n) is 13.7. The molecule has 0 spiro atoms. The van der Waals surface area contributed by atoms with Crippen LogP contribution < -0.4 is 5.06 Å². The number of carbonyl (C=O) groups is 2. The molecule has 1 amide bonds. The first-order chi connectivity index (χ1) is 12.1. The molecule has 0 aliphatic carbocycles. The Kier molecular flexibility index (Phi) is 4.77. The summed E-state index contributed by atoms with van der Waals surface area (Å²) in [5, 5.41) is 12.8. The number of anilines is 1. The highest BCUT2D eigenvalue weighted by atomic mass is 16.5. The van der Waals surface area contributed by atoms with Crippen molar-refractivity contribution in [3.63, 3.8) is 0 Å². The van der Waals surface area contributed by atoms with Crippen LogP contribution in [0.5, 0.6) is 0 Å². The molecule has 1 N–H and O–H groups in total. The highest BCUT2D eigenvalue weighted by Gasteiger charge is 2.18. The Bertz CT molecular complexity index is 936. The summed E-state index contributed by atoms with van der Waals surface area (Å²) in [4.78, 5) is 24.2. The molecule has 0 aliphatic rings. The standard InChI is InChI=1S/C20H17NO4/c1-25-20(23)18-9-5-4-8-16(18)13-19(22)21(24)17-11-10-14-6-2-3-7-15(14)12-17/h2-12,24H,13H2,1H3. The molecule has 3 aromatic rings. The zero-order valence-corrected chi connectivity index (χ0v) is 13.7. The van der Waals surface area contributed by atoms with Gasteiger partial charge in [0.2, 0.25) is 0 Å².